The highest BCUT2D eigenvalue weighted by Crippen LogP contribution is 2.48. The Bertz CT molecular complexity index is 753. The van der Waals surface area contributed by atoms with Crippen molar-refractivity contribution in [2.75, 3.05) is 46.4 Å². The van der Waals surface area contributed by atoms with Gasteiger partial charge >= 0.3 is 0 Å². The third-order valence-electron chi connectivity index (χ3n) is 6.20. The van der Waals surface area contributed by atoms with Crippen LogP contribution in [0.25, 0.3) is 0 Å². The van der Waals surface area contributed by atoms with E-state index in [1.54, 1.807) is 7.11 Å². The van der Waals surface area contributed by atoms with Gasteiger partial charge in [-0.05, 0) is 25.3 Å². The van der Waals surface area contributed by atoms with Crippen LogP contribution in [0.1, 0.15) is 35.4 Å². The highest BCUT2D eigenvalue weighted by Gasteiger charge is 2.45. The highest BCUT2D eigenvalue weighted by molar-refractivity contribution is 5.85. The molecular weight excluding hydrogens is 384 g/mol. The van der Waals surface area contributed by atoms with Crippen LogP contribution >= 0.6 is 12.4 Å². The molecule has 2 aliphatic rings. The summed E-state index contributed by atoms with van der Waals surface area (Å²) in [6, 6.07) is 9.20. The van der Waals surface area contributed by atoms with E-state index in [0.717, 1.165) is 45.0 Å². The summed E-state index contributed by atoms with van der Waals surface area (Å²) in [6.45, 7) is 9.54. The van der Waals surface area contributed by atoms with Gasteiger partial charge in [-0.1, -0.05) is 29.8 Å². The van der Waals surface area contributed by atoms with Crippen molar-refractivity contribution in [3.05, 3.63) is 59.2 Å². The van der Waals surface area contributed by atoms with Crippen molar-refractivity contribution in [1.29, 1.82) is 0 Å². The first-order chi connectivity index (χ1) is 13.7. The average molecular weight is 417 g/mol. The molecule has 0 bridgehead atoms. The zero-order chi connectivity index (χ0) is 19.4. The van der Waals surface area contributed by atoms with Gasteiger partial charge in [0, 0.05) is 76.2 Å². The first-order valence-electron chi connectivity index (χ1n) is 10.5. The topological polar surface area (TPSA) is 41.5 Å². The lowest BCUT2D eigenvalue weighted by molar-refractivity contribution is 0.119. The summed E-state index contributed by atoms with van der Waals surface area (Å²) >= 11 is 0. The maximum atomic E-state index is 5.09. The smallest absolute Gasteiger partial charge is 0.130 e. The van der Waals surface area contributed by atoms with E-state index in [1.165, 1.54) is 36.1 Å². The lowest BCUT2D eigenvalue weighted by Crippen LogP contribution is -2.48. The molecule has 1 aliphatic carbocycles. The van der Waals surface area contributed by atoms with Crippen LogP contribution in [0.3, 0.4) is 0 Å². The number of hydrogen-bond donors (Lipinski definition) is 0. The molecule has 158 valence electrons. The summed E-state index contributed by atoms with van der Waals surface area (Å²) in [5, 5.41) is 0. The Labute approximate surface area is 180 Å². The van der Waals surface area contributed by atoms with Gasteiger partial charge in [0.05, 0.1) is 6.61 Å². The van der Waals surface area contributed by atoms with Crippen LogP contribution in [0, 0.1) is 6.92 Å². The summed E-state index contributed by atoms with van der Waals surface area (Å²) in [5.74, 6) is 0.862. The highest BCUT2D eigenvalue weighted by atomic mass is 35.5. The van der Waals surface area contributed by atoms with Crippen LogP contribution in [-0.2, 0) is 23.1 Å². The number of halogens is 1. The second-order valence-corrected chi connectivity index (χ2v) is 8.45. The van der Waals surface area contributed by atoms with Crippen molar-refractivity contribution >= 4 is 12.4 Å². The van der Waals surface area contributed by atoms with Gasteiger partial charge in [-0.25, -0.2) is 9.97 Å². The predicted molar refractivity (Wildman–Crippen MR) is 119 cm³/mol. The molecule has 2 aromatic rings. The minimum absolute atomic E-state index is 0. The Hall–Kier alpha value is -1.53. The molecule has 1 aliphatic heterocycles. The van der Waals surface area contributed by atoms with E-state index in [1.807, 2.05) is 12.4 Å². The van der Waals surface area contributed by atoms with Crippen molar-refractivity contribution in [2.24, 2.45) is 0 Å². The number of rotatable bonds is 8. The zero-order valence-electron chi connectivity index (χ0n) is 17.6. The third kappa shape index (κ3) is 5.76. The molecule has 0 unspecified atom stereocenters. The van der Waals surface area contributed by atoms with Gasteiger partial charge in [0.2, 0.25) is 0 Å². The molecule has 2 fully saturated rings. The lowest BCUT2D eigenvalue weighted by Gasteiger charge is -2.36. The molecule has 2 heterocycles. The molecule has 0 radical (unpaired) electrons. The Morgan fingerprint density at radius 1 is 0.966 bits per heavy atom. The molecule has 6 heteroatoms. The van der Waals surface area contributed by atoms with Crippen LogP contribution < -0.4 is 0 Å². The number of aryl methyl sites for hydroxylation is 1. The Morgan fingerprint density at radius 3 is 2.17 bits per heavy atom. The Balaban J connectivity index is 0.00000240. The van der Waals surface area contributed by atoms with Crippen LogP contribution in [0.15, 0.2) is 36.7 Å². The van der Waals surface area contributed by atoms with Crippen LogP contribution in [0.4, 0.5) is 0 Å². The lowest BCUT2D eigenvalue weighted by atomic mass is 9.94. The van der Waals surface area contributed by atoms with Crippen molar-refractivity contribution < 1.29 is 4.74 Å². The fraction of sp³-hybridized carbons (Fsp3) is 0.565. The quantitative estimate of drug-likeness (QED) is 0.660. The molecule has 0 N–H and O–H groups in total. The molecule has 0 atom stereocenters. The van der Waals surface area contributed by atoms with Gasteiger partial charge in [-0.3, -0.25) is 9.80 Å². The standard InChI is InChI=1S/C23H32N4O.ClH/c1-19-3-5-21(6-4-19)23(8-9-23)18-27-12-10-26(11-13-27)17-20-15-24-22(25-16-20)7-14-28-2;/h3-6,15-16H,7-14,17-18H2,1-2H3;1H. The summed E-state index contributed by atoms with van der Waals surface area (Å²) in [6.07, 6.45) is 7.39. The first-order valence-corrected chi connectivity index (χ1v) is 10.5. The molecule has 1 saturated carbocycles. The summed E-state index contributed by atoms with van der Waals surface area (Å²) in [7, 11) is 1.71. The van der Waals surface area contributed by atoms with Gasteiger partial charge in [0.25, 0.3) is 0 Å². The van der Waals surface area contributed by atoms with E-state index in [2.05, 4.69) is 51.0 Å². The van der Waals surface area contributed by atoms with Crippen molar-refractivity contribution in [1.82, 2.24) is 19.8 Å². The molecular formula is C23H33ClN4O. The van der Waals surface area contributed by atoms with E-state index in [4.69, 9.17) is 4.74 Å². The predicted octanol–water partition coefficient (Wildman–Crippen LogP) is 3.25. The van der Waals surface area contributed by atoms with Crippen molar-refractivity contribution in [3.63, 3.8) is 0 Å². The number of methoxy groups -OCH3 is 1. The number of nitrogens with zero attached hydrogens (tertiary/aromatic N) is 4. The summed E-state index contributed by atoms with van der Waals surface area (Å²) in [4.78, 5) is 14.1. The minimum Gasteiger partial charge on any atom is -0.384 e. The first kappa shape index (κ1) is 22.2. The second-order valence-electron chi connectivity index (χ2n) is 8.45. The van der Waals surface area contributed by atoms with Gasteiger partial charge in [-0.2, -0.15) is 0 Å². The SMILES string of the molecule is COCCc1ncc(CN2CCN(CC3(c4ccc(C)cc4)CC3)CC2)cn1.Cl. The molecule has 1 saturated heterocycles. The van der Waals surface area contributed by atoms with E-state index in [0.29, 0.717) is 12.0 Å². The number of ether oxygens (including phenoxy) is 1. The molecule has 5 nitrogen and oxygen atoms in total. The fourth-order valence-corrected chi connectivity index (χ4v) is 4.17. The molecule has 4 rings (SSSR count). The van der Waals surface area contributed by atoms with Gasteiger partial charge in [0.1, 0.15) is 5.82 Å². The van der Waals surface area contributed by atoms with E-state index < -0.39 is 0 Å². The normalized spacial score (nSPS) is 19.0. The monoisotopic (exact) mass is 416 g/mol. The molecule has 0 spiro atoms. The van der Waals surface area contributed by atoms with Crippen LogP contribution in [-0.4, -0.2) is 66.2 Å². The zero-order valence-corrected chi connectivity index (χ0v) is 18.5. The molecule has 1 aromatic heterocycles. The van der Waals surface area contributed by atoms with E-state index >= 15 is 0 Å². The van der Waals surface area contributed by atoms with Crippen LogP contribution in [0.2, 0.25) is 0 Å². The Morgan fingerprint density at radius 2 is 1.59 bits per heavy atom. The minimum atomic E-state index is 0. The van der Waals surface area contributed by atoms with Gasteiger partial charge < -0.3 is 4.74 Å². The van der Waals surface area contributed by atoms with E-state index in [9.17, 15) is 0 Å². The number of aromatic nitrogens is 2. The third-order valence-corrected chi connectivity index (χ3v) is 6.20. The molecule has 0 amide bonds. The largest absolute Gasteiger partial charge is 0.384 e. The molecule has 1 aromatic carbocycles. The number of benzene rings is 1. The average Bonchev–Trinajstić information content (AvgIpc) is 3.50. The second kappa shape index (κ2) is 9.98. The van der Waals surface area contributed by atoms with Crippen molar-refractivity contribution in [2.45, 2.75) is 38.1 Å². The maximum Gasteiger partial charge on any atom is 0.130 e. The number of piperazine rings is 1. The summed E-state index contributed by atoms with van der Waals surface area (Å²) < 4.78 is 5.09. The van der Waals surface area contributed by atoms with Crippen molar-refractivity contribution in [3.8, 4) is 0 Å². The van der Waals surface area contributed by atoms with Gasteiger partial charge in [0.15, 0.2) is 0 Å². The Kier molecular flexibility index (Phi) is 7.63. The summed E-state index contributed by atoms with van der Waals surface area (Å²) in [5.41, 5.74) is 4.50. The fourth-order valence-electron chi connectivity index (χ4n) is 4.17. The maximum absolute atomic E-state index is 5.09. The van der Waals surface area contributed by atoms with Crippen LogP contribution in [0.5, 0.6) is 0 Å². The molecule has 29 heavy (non-hydrogen) atoms. The number of hydrogen-bond acceptors (Lipinski definition) is 5. The van der Waals surface area contributed by atoms with E-state index in [-0.39, 0.29) is 12.4 Å². The van der Waals surface area contributed by atoms with Gasteiger partial charge in [-0.15, -0.1) is 12.4 Å².